The van der Waals surface area contributed by atoms with E-state index in [1.165, 1.54) is 6.92 Å². The van der Waals surface area contributed by atoms with Crippen molar-refractivity contribution in [2.75, 3.05) is 0 Å². The van der Waals surface area contributed by atoms with Gasteiger partial charge in [-0.05, 0) is 20.3 Å². The maximum atomic E-state index is 11.0. The maximum absolute atomic E-state index is 11.0. The largest absolute Gasteiger partial charge is 0.393 e. The van der Waals surface area contributed by atoms with E-state index in [0.717, 1.165) is 0 Å². The van der Waals surface area contributed by atoms with Gasteiger partial charge >= 0.3 is 0 Å². The second-order valence-corrected chi connectivity index (χ2v) is 3.13. The summed E-state index contributed by atoms with van der Waals surface area (Å²) in [5.74, 6) is 0.103. The molecule has 0 heterocycles. The summed E-state index contributed by atoms with van der Waals surface area (Å²) in [4.78, 5) is 21.5. The average Bonchev–Trinajstić information content (AvgIpc) is 1.96. The molecule has 70 valence electrons. The lowest BCUT2D eigenvalue weighted by Gasteiger charge is -2.01. The highest BCUT2D eigenvalue weighted by Crippen LogP contribution is 2.01. The smallest absolute Gasteiger partial charge is 0.133 e. The van der Waals surface area contributed by atoms with Crippen molar-refractivity contribution >= 4 is 11.6 Å². The second kappa shape index (κ2) is 5.89. The molecule has 0 aliphatic rings. The fraction of sp³-hybridized carbons (Fsp3) is 0.778. The molecule has 12 heavy (non-hydrogen) atoms. The van der Waals surface area contributed by atoms with Gasteiger partial charge in [0, 0.05) is 19.3 Å². The fourth-order valence-electron chi connectivity index (χ4n) is 0.810. The molecule has 1 N–H and O–H groups in total. The van der Waals surface area contributed by atoms with Gasteiger partial charge in [0.15, 0.2) is 0 Å². The molecular formula is C9H16O3. The SMILES string of the molecule is CC(=O)CCC(=O)CC[C@H](C)O. The van der Waals surface area contributed by atoms with Crippen LogP contribution >= 0.6 is 0 Å². The van der Waals surface area contributed by atoms with Gasteiger partial charge in [-0.1, -0.05) is 0 Å². The van der Waals surface area contributed by atoms with Gasteiger partial charge in [-0.15, -0.1) is 0 Å². The topological polar surface area (TPSA) is 54.4 Å². The third kappa shape index (κ3) is 7.41. The van der Waals surface area contributed by atoms with Crippen LogP contribution in [0.5, 0.6) is 0 Å². The molecule has 3 nitrogen and oxygen atoms in total. The summed E-state index contributed by atoms with van der Waals surface area (Å²) in [5, 5.41) is 8.86. The first-order valence-corrected chi connectivity index (χ1v) is 4.21. The molecule has 0 aromatic rings. The second-order valence-electron chi connectivity index (χ2n) is 3.13. The molecule has 0 unspecified atom stereocenters. The normalized spacial score (nSPS) is 12.6. The van der Waals surface area contributed by atoms with Gasteiger partial charge < -0.3 is 9.90 Å². The number of rotatable bonds is 6. The number of hydrogen-bond donors (Lipinski definition) is 1. The lowest BCUT2D eigenvalue weighted by molar-refractivity contribution is -0.123. The van der Waals surface area contributed by atoms with Crippen LogP contribution < -0.4 is 0 Å². The van der Waals surface area contributed by atoms with E-state index in [1.807, 2.05) is 0 Å². The van der Waals surface area contributed by atoms with Crippen molar-refractivity contribution in [2.45, 2.75) is 45.6 Å². The molecule has 1 atom stereocenters. The van der Waals surface area contributed by atoms with Crippen molar-refractivity contribution < 1.29 is 14.7 Å². The van der Waals surface area contributed by atoms with Crippen LogP contribution in [-0.4, -0.2) is 22.8 Å². The van der Waals surface area contributed by atoms with Gasteiger partial charge in [-0.2, -0.15) is 0 Å². The Morgan fingerprint density at radius 2 is 1.83 bits per heavy atom. The van der Waals surface area contributed by atoms with E-state index in [2.05, 4.69) is 0 Å². The van der Waals surface area contributed by atoms with E-state index < -0.39 is 6.10 Å². The quantitative estimate of drug-likeness (QED) is 0.652. The molecule has 0 aromatic carbocycles. The Morgan fingerprint density at radius 3 is 2.25 bits per heavy atom. The van der Waals surface area contributed by atoms with E-state index in [0.29, 0.717) is 25.7 Å². The lowest BCUT2D eigenvalue weighted by atomic mass is 10.1. The van der Waals surface area contributed by atoms with Crippen LogP contribution in [0.15, 0.2) is 0 Å². The first-order valence-electron chi connectivity index (χ1n) is 4.21. The molecule has 0 saturated heterocycles. The van der Waals surface area contributed by atoms with E-state index >= 15 is 0 Å². The number of aliphatic hydroxyl groups is 1. The van der Waals surface area contributed by atoms with Crippen molar-refractivity contribution in [2.24, 2.45) is 0 Å². The Morgan fingerprint density at radius 1 is 1.25 bits per heavy atom. The number of carbonyl (C=O) groups excluding carboxylic acids is 2. The standard InChI is InChI=1S/C9H16O3/c1-7(10)3-5-9(12)6-4-8(2)11/h7,10H,3-6H2,1-2H3/t7-/m0/s1. The van der Waals surface area contributed by atoms with Crippen LogP contribution in [0.25, 0.3) is 0 Å². The summed E-state index contributed by atoms with van der Waals surface area (Å²) in [7, 11) is 0. The zero-order chi connectivity index (χ0) is 9.56. The van der Waals surface area contributed by atoms with Gasteiger partial charge in [-0.25, -0.2) is 0 Å². The third-order valence-corrected chi connectivity index (χ3v) is 1.60. The van der Waals surface area contributed by atoms with Crippen molar-refractivity contribution in [3.63, 3.8) is 0 Å². The van der Waals surface area contributed by atoms with Gasteiger partial charge in [0.25, 0.3) is 0 Å². The predicted molar refractivity (Wildman–Crippen MR) is 45.8 cm³/mol. The Balaban J connectivity index is 3.40. The van der Waals surface area contributed by atoms with Crippen LogP contribution in [0.1, 0.15) is 39.5 Å². The zero-order valence-electron chi connectivity index (χ0n) is 7.67. The van der Waals surface area contributed by atoms with Crippen molar-refractivity contribution in [1.82, 2.24) is 0 Å². The van der Waals surface area contributed by atoms with E-state index in [-0.39, 0.29) is 11.6 Å². The minimum Gasteiger partial charge on any atom is -0.393 e. The number of aliphatic hydroxyl groups excluding tert-OH is 1. The molecule has 0 radical (unpaired) electrons. The summed E-state index contributed by atoms with van der Waals surface area (Å²) in [6, 6.07) is 0. The fourth-order valence-corrected chi connectivity index (χ4v) is 0.810. The van der Waals surface area contributed by atoms with E-state index in [1.54, 1.807) is 6.92 Å². The molecule has 0 spiro atoms. The highest BCUT2D eigenvalue weighted by atomic mass is 16.3. The van der Waals surface area contributed by atoms with E-state index in [4.69, 9.17) is 5.11 Å². The number of carbonyl (C=O) groups is 2. The van der Waals surface area contributed by atoms with Gasteiger partial charge in [-0.3, -0.25) is 4.79 Å². The molecule has 0 bridgehead atoms. The van der Waals surface area contributed by atoms with Crippen LogP contribution in [0.4, 0.5) is 0 Å². The zero-order valence-corrected chi connectivity index (χ0v) is 7.67. The first kappa shape index (κ1) is 11.3. The summed E-state index contributed by atoms with van der Waals surface area (Å²) in [6.45, 7) is 3.13. The minimum atomic E-state index is -0.425. The number of Topliss-reactive ketones (excluding diaryl/α,β-unsaturated/α-hetero) is 2. The molecule has 0 aliphatic carbocycles. The summed E-state index contributed by atoms with van der Waals surface area (Å²) in [6.07, 6.45) is 1.11. The van der Waals surface area contributed by atoms with Crippen molar-refractivity contribution in [3.05, 3.63) is 0 Å². The van der Waals surface area contributed by atoms with E-state index in [9.17, 15) is 9.59 Å². The van der Waals surface area contributed by atoms with Crippen molar-refractivity contribution in [1.29, 1.82) is 0 Å². The van der Waals surface area contributed by atoms with Crippen LogP contribution in [-0.2, 0) is 9.59 Å². The molecule has 0 aromatic heterocycles. The molecule has 0 rings (SSSR count). The Kier molecular flexibility index (Phi) is 5.54. The van der Waals surface area contributed by atoms with Gasteiger partial charge in [0.1, 0.15) is 11.6 Å². The molecular weight excluding hydrogens is 156 g/mol. The Bertz CT molecular complexity index is 161. The summed E-state index contributed by atoms with van der Waals surface area (Å²) < 4.78 is 0. The van der Waals surface area contributed by atoms with Crippen LogP contribution in [0.2, 0.25) is 0 Å². The number of hydrogen-bond acceptors (Lipinski definition) is 3. The highest BCUT2D eigenvalue weighted by Gasteiger charge is 2.05. The molecule has 0 aliphatic heterocycles. The van der Waals surface area contributed by atoms with Gasteiger partial charge in [0.05, 0.1) is 6.10 Å². The number of ketones is 2. The van der Waals surface area contributed by atoms with Crippen molar-refractivity contribution in [3.8, 4) is 0 Å². The lowest BCUT2D eigenvalue weighted by Crippen LogP contribution is -2.06. The molecule has 3 heteroatoms. The molecule has 0 fully saturated rings. The van der Waals surface area contributed by atoms with Gasteiger partial charge in [0.2, 0.25) is 0 Å². The summed E-state index contributed by atoms with van der Waals surface area (Å²) in [5.41, 5.74) is 0. The summed E-state index contributed by atoms with van der Waals surface area (Å²) >= 11 is 0. The third-order valence-electron chi connectivity index (χ3n) is 1.60. The average molecular weight is 172 g/mol. The molecule has 0 saturated carbocycles. The first-order chi connectivity index (χ1) is 5.52. The molecule has 0 amide bonds. The Hall–Kier alpha value is -0.700. The van der Waals surface area contributed by atoms with Crippen LogP contribution in [0.3, 0.4) is 0 Å². The maximum Gasteiger partial charge on any atom is 0.133 e. The highest BCUT2D eigenvalue weighted by molar-refractivity contribution is 5.84. The predicted octanol–water partition coefficient (Wildman–Crippen LogP) is 1.09. The minimum absolute atomic E-state index is 0.0420. The monoisotopic (exact) mass is 172 g/mol. The Labute approximate surface area is 72.8 Å². The van der Waals surface area contributed by atoms with Crippen LogP contribution in [0, 0.1) is 0 Å².